The van der Waals surface area contributed by atoms with E-state index >= 15 is 0 Å². The van der Waals surface area contributed by atoms with Gasteiger partial charge in [0.05, 0.1) is 12.6 Å². The Hall–Kier alpha value is -0.880. The average Bonchev–Trinajstić information content (AvgIpc) is 2.82. The van der Waals surface area contributed by atoms with Crippen molar-refractivity contribution < 1.29 is 4.74 Å². The van der Waals surface area contributed by atoms with Gasteiger partial charge >= 0.3 is 0 Å². The van der Waals surface area contributed by atoms with Crippen LogP contribution in [-0.4, -0.2) is 6.61 Å². The number of thiophene rings is 1. The van der Waals surface area contributed by atoms with Gasteiger partial charge in [-0.3, -0.25) is 11.3 Å². The third-order valence-corrected chi connectivity index (χ3v) is 4.39. The van der Waals surface area contributed by atoms with Crippen molar-refractivity contribution in [3.05, 3.63) is 51.1 Å². The molecule has 0 aliphatic rings. The highest BCUT2D eigenvalue weighted by Gasteiger charge is 2.13. The summed E-state index contributed by atoms with van der Waals surface area (Å²) in [5, 5.41) is 4.15. The molecule has 0 aliphatic carbocycles. The van der Waals surface area contributed by atoms with Gasteiger partial charge in [0.2, 0.25) is 0 Å². The van der Waals surface area contributed by atoms with Crippen LogP contribution in [0.2, 0.25) is 0 Å². The lowest BCUT2D eigenvalue weighted by Gasteiger charge is -2.16. The highest BCUT2D eigenvalue weighted by Crippen LogP contribution is 2.28. The summed E-state index contributed by atoms with van der Waals surface area (Å²) < 4.78 is 6.76. The van der Waals surface area contributed by atoms with Crippen molar-refractivity contribution in [2.45, 2.75) is 12.5 Å². The second-order valence-corrected chi connectivity index (χ2v) is 5.44. The van der Waals surface area contributed by atoms with Crippen molar-refractivity contribution >= 4 is 27.3 Å². The molecule has 0 bridgehead atoms. The molecule has 2 aromatic rings. The number of halogens is 1. The molecule has 96 valence electrons. The number of nitrogens with one attached hydrogen (secondary N) is 1. The minimum atomic E-state index is 0.106. The maximum atomic E-state index is 5.67. The number of ether oxygens (including phenoxy) is 1. The van der Waals surface area contributed by atoms with Crippen molar-refractivity contribution in [1.29, 1.82) is 0 Å². The zero-order chi connectivity index (χ0) is 12.8. The number of hydrazine groups is 1. The second-order valence-electron chi connectivity index (χ2n) is 3.84. The molecule has 1 aromatic carbocycles. The lowest BCUT2D eigenvalue weighted by Crippen LogP contribution is -2.29. The van der Waals surface area contributed by atoms with E-state index in [9.17, 15) is 0 Å². The first-order valence-corrected chi connectivity index (χ1v) is 7.40. The fourth-order valence-corrected chi connectivity index (χ4v) is 3.31. The molecule has 0 amide bonds. The van der Waals surface area contributed by atoms with Gasteiger partial charge in [0.25, 0.3) is 0 Å². The number of hydrogen-bond acceptors (Lipinski definition) is 4. The minimum absolute atomic E-state index is 0.106. The Balaban J connectivity index is 1.87. The van der Waals surface area contributed by atoms with E-state index < -0.39 is 0 Å². The fraction of sp³-hybridized carbons (Fsp3) is 0.231. The summed E-state index contributed by atoms with van der Waals surface area (Å²) in [6.45, 7) is 0.626. The van der Waals surface area contributed by atoms with Gasteiger partial charge in [-0.05, 0) is 39.0 Å². The maximum Gasteiger partial charge on any atom is 0.119 e. The van der Waals surface area contributed by atoms with Crippen LogP contribution in [0.5, 0.6) is 5.75 Å². The number of rotatable bonds is 6. The molecule has 3 N–H and O–H groups in total. The Labute approximate surface area is 119 Å². The lowest BCUT2D eigenvalue weighted by molar-refractivity contribution is 0.287. The van der Waals surface area contributed by atoms with E-state index in [2.05, 4.69) is 32.1 Å². The van der Waals surface area contributed by atoms with E-state index in [0.29, 0.717) is 6.61 Å². The van der Waals surface area contributed by atoms with Gasteiger partial charge in [0, 0.05) is 16.3 Å². The molecule has 0 radical (unpaired) electrons. The Morgan fingerprint density at radius 3 is 2.67 bits per heavy atom. The van der Waals surface area contributed by atoms with Gasteiger partial charge in [-0.15, -0.1) is 0 Å². The predicted octanol–water partition coefficient (Wildman–Crippen LogP) is 3.48. The van der Waals surface area contributed by atoms with Gasteiger partial charge in [-0.1, -0.05) is 18.2 Å². The number of hydrogen-bond donors (Lipinski definition) is 2. The zero-order valence-electron chi connectivity index (χ0n) is 9.80. The molecule has 1 aromatic heterocycles. The molecular weight excluding hydrogens is 312 g/mol. The van der Waals surface area contributed by atoms with Crippen LogP contribution in [0.3, 0.4) is 0 Å². The summed E-state index contributed by atoms with van der Waals surface area (Å²) >= 11 is 5.18. The lowest BCUT2D eigenvalue weighted by atomic mass is 10.1. The van der Waals surface area contributed by atoms with Crippen LogP contribution in [0.15, 0.2) is 45.6 Å². The van der Waals surface area contributed by atoms with E-state index in [1.807, 2.05) is 30.3 Å². The van der Waals surface area contributed by atoms with E-state index in [-0.39, 0.29) is 6.04 Å². The predicted molar refractivity (Wildman–Crippen MR) is 78.6 cm³/mol. The molecule has 2 rings (SSSR count). The zero-order valence-corrected chi connectivity index (χ0v) is 12.2. The van der Waals surface area contributed by atoms with Crippen LogP contribution < -0.4 is 16.0 Å². The molecule has 3 nitrogen and oxygen atoms in total. The Bertz CT molecular complexity index is 475. The summed E-state index contributed by atoms with van der Waals surface area (Å²) in [7, 11) is 0. The maximum absolute atomic E-state index is 5.67. The monoisotopic (exact) mass is 326 g/mol. The number of nitrogens with two attached hydrogens (primary N) is 1. The number of benzene rings is 1. The Morgan fingerprint density at radius 2 is 2.06 bits per heavy atom. The highest BCUT2D eigenvalue weighted by atomic mass is 79.9. The van der Waals surface area contributed by atoms with Crippen LogP contribution in [0.25, 0.3) is 0 Å². The first-order chi connectivity index (χ1) is 8.81. The molecule has 1 unspecified atom stereocenters. The summed E-state index contributed by atoms with van der Waals surface area (Å²) in [6.07, 6.45) is 0.820. The summed E-state index contributed by atoms with van der Waals surface area (Å²) in [6, 6.07) is 9.90. The Kier molecular flexibility index (Phi) is 5.19. The molecule has 1 heterocycles. The van der Waals surface area contributed by atoms with Gasteiger partial charge in [0.1, 0.15) is 5.75 Å². The third-order valence-electron chi connectivity index (χ3n) is 2.64. The van der Waals surface area contributed by atoms with E-state index in [1.165, 1.54) is 5.56 Å². The first-order valence-electron chi connectivity index (χ1n) is 5.67. The summed E-state index contributed by atoms with van der Waals surface area (Å²) in [4.78, 5) is 0. The van der Waals surface area contributed by atoms with Crippen LogP contribution in [0.4, 0.5) is 0 Å². The van der Waals surface area contributed by atoms with E-state index in [0.717, 1.165) is 16.6 Å². The van der Waals surface area contributed by atoms with Gasteiger partial charge < -0.3 is 4.74 Å². The molecule has 0 saturated carbocycles. The molecule has 0 spiro atoms. The van der Waals surface area contributed by atoms with Crippen molar-refractivity contribution in [2.75, 3.05) is 6.61 Å². The fourth-order valence-electron chi connectivity index (χ4n) is 1.68. The molecular formula is C13H15BrN2OS. The number of para-hydroxylation sites is 1. The molecule has 1 atom stereocenters. The summed E-state index contributed by atoms with van der Waals surface area (Å²) in [5.41, 5.74) is 4.01. The van der Waals surface area contributed by atoms with Crippen LogP contribution in [-0.2, 0) is 0 Å². The normalized spacial score (nSPS) is 12.3. The van der Waals surface area contributed by atoms with Gasteiger partial charge in [-0.25, -0.2) is 0 Å². The molecule has 0 fully saturated rings. The quantitative estimate of drug-likeness (QED) is 0.631. The standard InChI is InChI=1S/C13H15BrN2OS/c14-12-9-18-8-11(12)13(16-15)6-7-17-10-4-2-1-3-5-10/h1-5,8-9,13,16H,6-7,15H2. The third kappa shape index (κ3) is 3.55. The van der Waals surface area contributed by atoms with E-state index in [4.69, 9.17) is 10.6 Å². The van der Waals surface area contributed by atoms with Gasteiger partial charge in [-0.2, -0.15) is 11.3 Å². The largest absolute Gasteiger partial charge is 0.494 e. The van der Waals surface area contributed by atoms with Crippen LogP contribution >= 0.6 is 27.3 Å². The SMILES string of the molecule is NNC(CCOc1ccccc1)c1cscc1Br. The minimum Gasteiger partial charge on any atom is -0.494 e. The molecule has 18 heavy (non-hydrogen) atoms. The smallest absolute Gasteiger partial charge is 0.119 e. The van der Waals surface area contributed by atoms with Crippen molar-refractivity contribution in [2.24, 2.45) is 5.84 Å². The van der Waals surface area contributed by atoms with Crippen molar-refractivity contribution in [3.8, 4) is 5.75 Å². The van der Waals surface area contributed by atoms with Crippen LogP contribution in [0, 0.1) is 0 Å². The van der Waals surface area contributed by atoms with Gasteiger partial charge in [0.15, 0.2) is 0 Å². The van der Waals surface area contributed by atoms with Crippen molar-refractivity contribution in [1.82, 2.24) is 5.43 Å². The Morgan fingerprint density at radius 1 is 1.28 bits per heavy atom. The topological polar surface area (TPSA) is 47.3 Å². The molecule has 0 saturated heterocycles. The highest BCUT2D eigenvalue weighted by molar-refractivity contribution is 9.10. The second kappa shape index (κ2) is 6.89. The summed E-state index contributed by atoms with van der Waals surface area (Å²) in [5.74, 6) is 6.48. The van der Waals surface area contributed by atoms with Crippen molar-refractivity contribution in [3.63, 3.8) is 0 Å². The van der Waals surface area contributed by atoms with Crippen LogP contribution in [0.1, 0.15) is 18.0 Å². The first kappa shape index (κ1) is 13.5. The van der Waals surface area contributed by atoms with E-state index in [1.54, 1.807) is 11.3 Å². The molecule has 5 heteroatoms. The average molecular weight is 327 g/mol. The molecule has 0 aliphatic heterocycles.